The Morgan fingerprint density at radius 1 is 1.02 bits per heavy atom. The number of phenols is 1. The van der Waals surface area contributed by atoms with Crippen LogP contribution in [0.1, 0.15) is 43.8 Å². The fourth-order valence-electron chi connectivity index (χ4n) is 5.01. The van der Waals surface area contributed by atoms with Gasteiger partial charge in [-0.1, -0.05) is 6.08 Å². The summed E-state index contributed by atoms with van der Waals surface area (Å²) in [5.74, 6) is -4.73. The second kappa shape index (κ2) is 10.9. The van der Waals surface area contributed by atoms with Gasteiger partial charge in [-0.15, -0.1) is 0 Å². The minimum absolute atomic E-state index is 0.0211. The molecule has 1 fully saturated rings. The molecule has 0 radical (unpaired) electrons. The van der Waals surface area contributed by atoms with Crippen molar-refractivity contribution < 1.29 is 54.4 Å². The molecule has 0 spiro atoms. The number of ether oxygens (including phenoxy) is 3. The number of dihydropyridines is 1. The van der Waals surface area contributed by atoms with Gasteiger partial charge in [-0.25, -0.2) is 0 Å². The minimum atomic E-state index is -2.70. The average molecular weight is 571 g/mol. The lowest BCUT2D eigenvalue weighted by Crippen LogP contribution is -2.67. The van der Waals surface area contributed by atoms with Crippen LogP contribution in [0, 0.1) is 0 Å². The van der Waals surface area contributed by atoms with E-state index in [9.17, 15) is 40.2 Å². The van der Waals surface area contributed by atoms with Crippen molar-refractivity contribution in [1.82, 2.24) is 5.32 Å². The number of aromatic hydroxyl groups is 1. The van der Waals surface area contributed by atoms with Crippen LogP contribution in [0.25, 0.3) is 0 Å². The normalized spacial score (nSPS) is 28.9. The van der Waals surface area contributed by atoms with E-state index in [-0.39, 0.29) is 39.9 Å². The standard InChI is InChI=1S/C28H30N2O11/c1-39-14-8-16-21(18(9-14)40-27-25(36)24(35)26(37)28(38,11-31)41-27)23(34)20-15(22(16)33)6-13(7-17(20)32)3-2-12-4-5-19(29)30-10-12/h4-10,19,24-27,30-32,35-38H,2-3,11,29H2,1H3/t19?,24-,25-,26+,27-,28-/m1/s1. The molecule has 13 nitrogen and oxygen atoms in total. The van der Waals surface area contributed by atoms with Gasteiger partial charge in [-0.2, -0.15) is 0 Å². The molecular formula is C28H30N2O11. The SMILES string of the molecule is COc1cc(O[C@@H]2O[C@](O)(CO)[C@@H](O)[C@H](O)[C@H]2O)c2c(c1)C(=O)c1cc(CCC3=CNC(N)C=C3)cc(O)c1C2=O. The summed E-state index contributed by atoms with van der Waals surface area (Å²) in [4.78, 5) is 27.4. The molecule has 5 rings (SSSR count). The summed E-state index contributed by atoms with van der Waals surface area (Å²) in [6, 6.07) is 5.48. The quantitative estimate of drug-likeness (QED) is 0.170. The molecule has 1 saturated heterocycles. The molecule has 1 unspecified atom stereocenters. The van der Waals surface area contributed by atoms with Crippen molar-refractivity contribution in [2.75, 3.05) is 13.7 Å². The van der Waals surface area contributed by atoms with Crippen LogP contribution in [0.4, 0.5) is 0 Å². The third-order valence-electron chi connectivity index (χ3n) is 7.32. The van der Waals surface area contributed by atoms with Gasteiger partial charge in [0.25, 0.3) is 0 Å². The molecule has 2 aromatic carbocycles. The number of rotatable bonds is 7. The van der Waals surface area contributed by atoms with Gasteiger partial charge in [-0.3, -0.25) is 9.59 Å². The van der Waals surface area contributed by atoms with Crippen molar-refractivity contribution in [1.29, 1.82) is 0 Å². The Labute approximate surface area is 233 Å². The fraction of sp³-hybridized carbons (Fsp3) is 0.357. The molecule has 0 amide bonds. The van der Waals surface area contributed by atoms with Crippen molar-refractivity contribution in [3.8, 4) is 17.2 Å². The van der Waals surface area contributed by atoms with Gasteiger partial charge >= 0.3 is 0 Å². The molecule has 0 aromatic heterocycles. The number of hydrogen-bond donors (Lipinski definition) is 8. The highest BCUT2D eigenvalue weighted by Crippen LogP contribution is 2.41. The molecule has 2 heterocycles. The summed E-state index contributed by atoms with van der Waals surface area (Å²) in [6.07, 6.45) is -1.69. The van der Waals surface area contributed by atoms with Crippen LogP contribution in [0.15, 0.2) is 48.2 Å². The van der Waals surface area contributed by atoms with E-state index in [0.717, 1.165) is 5.57 Å². The zero-order valence-corrected chi connectivity index (χ0v) is 21.9. The lowest BCUT2D eigenvalue weighted by Gasteiger charge is -2.44. The van der Waals surface area contributed by atoms with E-state index in [2.05, 4.69) is 5.32 Å². The molecular weight excluding hydrogens is 540 g/mol. The summed E-state index contributed by atoms with van der Waals surface area (Å²) >= 11 is 0. The van der Waals surface area contributed by atoms with Crippen molar-refractivity contribution in [3.63, 3.8) is 0 Å². The van der Waals surface area contributed by atoms with Gasteiger partial charge in [-0.05, 0) is 48.3 Å². The first-order chi connectivity index (χ1) is 19.5. The molecule has 1 aliphatic carbocycles. The number of benzene rings is 2. The third kappa shape index (κ3) is 5.08. The van der Waals surface area contributed by atoms with Crippen molar-refractivity contribution in [2.45, 2.75) is 49.4 Å². The first kappa shape index (κ1) is 28.7. The molecule has 3 aliphatic rings. The van der Waals surface area contributed by atoms with Crippen LogP contribution >= 0.6 is 0 Å². The Bertz CT molecular complexity index is 1450. The number of ketones is 2. The highest BCUT2D eigenvalue weighted by atomic mass is 16.8. The molecule has 0 bridgehead atoms. The first-order valence-electron chi connectivity index (χ1n) is 12.8. The van der Waals surface area contributed by atoms with E-state index in [1.54, 1.807) is 12.3 Å². The molecule has 6 atom stereocenters. The largest absolute Gasteiger partial charge is 0.507 e. The van der Waals surface area contributed by atoms with Gasteiger partial charge < -0.3 is 55.9 Å². The van der Waals surface area contributed by atoms with E-state index < -0.39 is 54.3 Å². The number of hydrogen-bond acceptors (Lipinski definition) is 13. The minimum Gasteiger partial charge on any atom is -0.507 e. The maximum Gasteiger partial charge on any atom is 0.231 e. The summed E-state index contributed by atoms with van der Waals surface area (Å²) in [5, 5.41) is 64.4. The van der Waals surface area contributed by atoms with Crippen LogP contribution in [-0.4, -0.2) is 92.5 Å². The van der Waals surface area contributed by atoms with Gasteiger partial charge in [0.1, 0.15) is 35.6 Å². The molecule has 41 heavy (non-hydrogen) atoms. The van der Waals surface area contributed by atoms with Crippen LogP contribution in [0.3, 0.4) is 0 Å². The molecule has 0 saturated carbocycles. The van der Waals surface area contributed by atoms with E-state index in [0.29, 0.717) is 18.4 Å². The Morgan fingerprint density at radius 3 is 2.41 bits per heavy atom. The summed E-state index contributed by atoms with van der Waals surface area (Å²) in [5.41, 5.74) is 6.66. The number of aliphatic hydroxyl groups excluding tert-OH is 4. The number of carbonyl (C=O) groups is 2. The average Bonchev–Trinajstić information content (AvgIpc) is 2.96. The first-order valence-corrected chi connectivity index (χ1v) is 12.8. The number of phenolic OH excluding ortho intramolecular Hbond substituents is 1. The number of methoxy groups -OCH3 is 1. The number of nitrogens with one attached hydrogen (secondary N) is 1. The van der Waals surface area contributed by atoms with Crippen LogP contribution in [0.2, 0.25) is 0 Å². The Hall–Kier alpha value is -3.82. The number of fused-ring (bicyclic) bond motifs is 2. The number of aryl methyl sites for hydroxylation is 1. The molecule has 2 aliphatic heterocycles. The van der Waals surface area contributed by atoms with Crippen LogP contribution in [-0.2, 0) is 11.2 Å². The molecule has 9 N–H and O–H groups in total. The highest BCUT2D eigenvalue weighted by molar-refractivity contribution is 6.30. The lowest BCUT2D eigenvalue weighted by molar-refractivity contribution is -0.384. The Balaban J connectivity index is 1.49. The van der Waals surface area contributed by atoms with Crippen molar-refractivity contribution in [2.24, 2.45) is 5.73 Å². The van der Waals surface area contributed by atoms with E-state index in [1.165, 1.54) is 31.4 Å². The predicted molar refractivity (Wildman–Crippen MR) is 140 cm³/mol. The second-order valence-electron chi connectivity index (χ2n) is 10.0. The molecule has 218 valence electrons. The van der Waals surface area contributed by atoms with Gasteiger partial charge in [0.2, 0.25) is 17.9 Å². The lowest BCUT2D eigenvalue weighted by atomic mass is 9.81. The van der Waals surface area contributed by atoms with E-state index in [4.69, 9.17) is 19.9 Å². The third-order valence-corrected chi connectivity index (χ3v) is 7.32. The summed E-state index contributed by atoms with van der Waals surface area (Å²) in [7, 11) is 1.31. The summed E-state index contributed by atoms with van der Waals surface area (Å²) in [6.45, 7) is -1.16. The topological polar surface area (TPSA) is 221 Å². The number of allylic oxidation sites excluding steroid dienone is 2. The zero-order chi connectivity index (χ0) is 29.6. The number of nitrogens with two attached hydrogens (primary N) is 1. The van der Waals surface area contributed by atoms with Crippen LogP contribution < -0.4 is 20.5 Å². The van der Waals surface area contributed by atoms with E-state index in [1.807, 2.05) is 6.08 Å². The Kier molecular flexibility index (Phi) is 7.61. The van der Waals surface area contributed by atoms with Crippen molar-refractivity contribution >= 4 is 11.6 Å². The Morgan fingerprint density at radius 2 is 1.76 bits per heavy atom. The summed E-state index contributed by atoms with van der Waals surface area (Å²) < 4.78 is 16.1. The number of carbonyl (C=O) groups excluding carboxylic acids is 2. The van der Waals surface area contributed by atoms with Crippen molar-refractivity contribution in [3.05, 3.63) is 76.0 Å². The highest BCUT2D eigenvalue weighted by Gasteiger charge is 2.54. The molecule has 13 heteroatoms. The second-order valence-corrected chi connectivity index (χ2v) is 10.0. The molecule has 2 aromatic rings. The maximum absolute atomic E-state index is 13.7. The monoisotopic (exact) mass is 570 g/mol. The van der Waals surface area contributed by atoms with Gasteiger partial charge in [0.05, 0.1) is 31.0 Å². The maximum atomic E-state index is 13.7. The smallest absolute Gasteiger partial charge is 0.231 e. The van der Waals surface area contributed by atoms with Gasteiger partial charge in [0.15, 0.2) is 5.78 Å². The zero-order valence-electron chi connectivity index (χ0n) is 21.9. The van der Waals surface area contributed by atoms with E-state index >= 15 is 0 Å². The number of aliphatic hydroxyl groups is 5. The van der Waals surface area contributed by atoms with Gasteiger partial charge in [0, 0.05) is 23.4 Å². The fourth-order valence-corrected chi connectivity index (χ4v) is 5.01. The predicted octanol–water partition coefficient (Wildman–Crippen LogP) is -1.06. The van der Waals surface area contributed by atoms with Crippen LogP contribution in [0.5, 0.6) is 17.2 Å².